The molecular formula is C19H24Cl2N2O2. The summed E-state index contributed by atoms with van der Waals surface area (Å²) in [5, 5.41) is 0.561. The number of hydrogen-bond donors (Lipinski definition) is 1. The van der Waals surface area contributed by atoms with Gasteiger partial charge in [0.15, 0.2) is 0 Å². The molecule has 0 fully saturated rings. The molecule has 4 nitrogen and oxygen atoms in total. The monoisotopic (exact) mass is 382 g/mol. The highest BCUT2D eigenvalue weighted by atomic mass is 35.5. The number of halogens is 2. The van der Waals surface area contributed by atoms with Crippen molar-refractivity contribution in [2.24, 2.45) is 11.7 Å². The fraction of sp³-hybridized carbons (Fsp3) is 0.316. The van der Waals surface area contributed by atoms with E-state index in [2.05, 4.69) is 0 Å². The minimum Gasteiger partial charge on any atom is -0.490 e. The van der Waals surface area contributed by atoms with Gasteiger partial charge in [0.1, 0.15) is 12.4 Å². The molecule has 0 radical (unpaired) electrons. The molecule has 2 atom stereocenters. The Morgan fingerprint density at radius 1 is 1.16 bits per heavy atom. The number of hydrogen-bond acceptors (Lipinski definition) is 3. The summed E-state index contributed by atoms with van der Waals surface area (Å²) in [4.78, 5) is 14.2. The summed E-state index contributed by atoms with van der Waals surface area (Å²) in [5.74, 6) is 0.306. The van der Waals surface area contributed by atoms with Gasteiger partial charge in [-0.15, -0.1) is 12.4 Å². The first kappa shape index (κ1) is 21.3. The summed E-state index contributed by atoms with van der Waals surface area (Å²) in [6, 6.07) is 16.6. The van der Waals surface area contributed by atoms with Gasteiger partial charge in [0, 0.05) is 13.1 Å². The van der Waals surface area contributed by atoms with Crippen LogP contribution >= 0.6 is 24.0 Å². The van der Waals surface area contributed by atoms with Crippen LogP contribution in [0.25, 0.3) is 0 Å². The van der Waals surface area contributed by atoms with Gasteiger partial charge in [-0.3, -0.25) is 4.79 Å². The van der Waals surface area contributed by atoms with Gasteiger partial charge in [0.2, 0.25) is 5.91 Å². The number of rotatable bonds is 7. The quantitative estimate of drug-likeness (QED) is 0.788. The highest BCUT2D eigenvalue weighted by molar-refractivity contribution is 6.32. The molecule has 0 aliphatic rings. The molecule has 6 heteroatoms. The Balaban J connectivity index is 0.00000312. The summed E-state index contributed by atoms with van der Waals surface area (Å²) in [5.41, 5.74) is 7.18. The molecule has 2 aromatic carbocycles. The molecule has 0 bridgehead atoms. The second kappa shape index (κ2) is 10.3. The van der Waals surface area contributed by atoms with Crippen LogP contribution in [-0.2, 0) is 4.79 Å². The molecule has 1 amide bonds. The first-order chi connectivity index (χ1) is 11.5. The summed E-state index contributed by atoms with van der Waals surface area (Å²) in [6.07, 6.45) is 0. The van der Waals surface area contributed by atoms with Crippen LogP contribution in [0, 0.1) is 5.92 Å². The van der Waals surface area contributed by atoms with Gasteiger partial charge >= 0.3 is 0 Å². The molecular weight excluding hydrogens is 359 g/mol. The molecule has 136 valence electrons. The lowest BCUT2D eigenvalue weighted by molar-refractivity contribution is -0.134. The van der Waals surface area contributed by atoms with Crippen molar-refractivity contribution in [3.05, 3.63) is 65.2 Å². The Bertz CT molecular complexity index is 667. The lowest BCUT2D eigenvalue weighted by Gasteiger charge is -2.25. The van der Waals surface area contributed by atoms with Crippen molar-refractivity contribution in [3.8, 4) is 5.75 Å². The predicted molar refractivity (Wildman–Crippen MR) is 104 cm³/mol. The van der Waals surface area contributed by atoms with E-state index in [0.717, 1.165) is 5.56 Å². The highest BCUT2D eigenvalue weighted by Crippen LogP contribution is 2.23. The maximum atomic E-state index is 12.5. The minimum atomic E-state index is -0.328. The molecule has 0 saturated carbocycles. The first-order valence-electron chi connectivity index (χ1n) is 7.93. The molecule has 0 heterocycles. The van der Waals surface area contributed by atoms with Gasteiger partial charge < -0.3 is 15.4 Å². The Labute approximate surface area is 160 Å². The van der Waals surface area contributed by atoms with E-state index in [1.54, 1.807) is 24.1 Å². The zero-order chi connectivity index (χ0) is 17.5. The van der Waals surface area contributed by atoms with Crippen molar-refractivity contribution in [1.29, 1.82) is 0 Å². The number of carbonyl (C=O) groups excluding carboxylic acids is 1. The van der Waals surface area contributed by atoms with Gasteiger partial charge in [-0.25, -0.2) is 0 Å². The molecule has 0 aliphatic heterocycles. The Morgan fingerprint density at radius 3 is 2.40 bits per heavy atom. The van der Waals surface area contributed by atoms with Gasteiger partial charge in [0.05, 0.1) is 17.5 Å². The summed E-state index contributed by atoms with van der Waals surface area (Å²) < 4.78 is 5.63. The Kier molecular flexibility index (Phi) is 8.76. The Hall–Kier alpha value is -1.75. The molecule has 2 rings (SSSR count). The molecule has 2 N–H and O–H groups in total. The fourth-order valence-electron chi connectivity index (χ4n) is 2.43. The van der Waals surface area contributed by atoms with Crippen molar-refractivity contribution < 1.29 is 9.53 Å². The smallest absolute Gasteiger partial charge is 0.227 e. The molecule has 0 spiro atoms. The summed E-state index contributed by atoms with van der Waals surface area (Å²) in [7, 11) is 1.76. The van der Waals surface area contributed by atoms with Gasteiger partial charge in [-0.2, -0.15) is 0 Å². The third-order valence-electron chi connectivity index (χ3n) is 4.01. The van der Waals surface area contributed by atoms with E-state index in [9.17, 15) is 4.79 Å². The van der Waals surface area contributed by atoms with Crippen LogP contribution in [0.1, 0.15) is 18.5 Å². The van der Waals surface area contributed by atoms with Crippen LogP contribution in [-0.4, -0.2) is 31.0 Å². The highest BCUT2D eigenvalue weighted by Gasteiger charge is 2.24. The number of benzene rings is 2. The van der Waals surface area contributed by atoms with E-state index in [0.29, 0.717) is 23.9 Å². The second-order valence-corrected chi connectivity index (χ2v) is 6.17. The number of amides is 1. The van der Waals surface area contributed by atoms with E-state index in [1.165, 1.54) is 0 Å². The van der Waals surface area contributed by atoms with Gasteiger partial charge in [-0.05, 0) is 17.7 Å². The third-order valence-corrected chi connectivity index (χ3v) is 4.32. The van der Waals surface area contributed by atoms with Crippen molar-refractivity contribution >= 4 is 29.9 Å². The standard InChI is InChI=1S/C19H23ClN2O2.ClH/c1-14(18(21)15-8-4-3-5-9-15)19(23)22(2)12-13-24-17-11-7-6-10-16(17)20;/h3-11,14,18H,12-13,21H2,1-2H3;1H. The maximum absolute atomic E-state index is 12.5. The van der Waals surface area contributed by atoms with Crippen LogP contribution < -0.4 is 10.5 Å². The lowest BCUT2D eigenvalue weighted by atomic mass is 9.94. The molecule has 0 aromatic heterocycles. The maximum Gasteiger partial charge on any atom is 0.227 e. The van der Waals surface area contributed by atoms with Crippen LogP contribution in [0.5, 0.6) is 5.75 Å². The second-order valence-electron chi connectivity index (χ2n) is 5.76. The van der Waals surface area contributed by atoms with Crippen LogP contribution in [0.4, 0.5) is 0 Å². The minimum absolute atomic E-state index is 0. The lowest BCUT2D eigenvalue weighted by Crippen LogP contribution is -2.39. The third kappa shape index (κ3) is 5.92. The fourth-order valence-corrected chi connectivity index (χ4v) is 2.62. The zero-order valence-electron chi connectivity index (χ0n) is 14.4. The number of nitrogens with two attached hydrogens (primary N) is 1. The largest absolute Gasteiger partial charge is 0.490 e. The molecule has 0 aliphatic carbocycles. The average Bonchev–Trinajstić information content (AvgIpc) is 2.62. The van der Waals surface area contributed by atoms with Crippen LogP contribution in [0.15, 0.2) is 54.6 Å². The van der Waals surface area contributed by atoms with Crippen LogP contribution in [0.3, 0.4) is 0 Å². The first-order valence-corrected chi connectivity index (χ1v) is 8.31. The van der Waals surface area contributed by atoms with E-state index in [4.69, 9.17) is 22.1 Å². The van der Waals surface area contributed by atoms with Crippen molar-refractivity contribution in [1.82, 2.24) is 4.90 Å². The molecule has 2 aromatic rings. The Morgan fingerprint density at radius 2 is 1.76 bits per heavy atom. The number of nitrogens with zero attached hydrogens (tertiary/aromatic N) is 1. The number of ether oxygens (including phenoxy) is 1. The van der Waals surface area contributed by atoms with E-state index in [1.807, 2.05) is 49.4 Å². The number of para-hydroxylation sites is 1. The van der Waals surface area contributed by atoms with E-state index < -0.39 is 0 Å². The summed E-state index contributed by atoms with van der Waals surface area (Å²) in [6.45, 7) is 2.70. The van der Waals surface area contributed by atoms with Crippen molar-refractivity contribution in [3.63, 3.8) is 0 Å². The normalized spacial score (nSPS) is 12.6. The molecule has 0 saturated heterocycles. The zero-order valence-corrected chi connectivity index (χ0v) is 16.0. The topological polar surface area (TPSA) is 55.6 Å². The van der Waals surface area contributed by atoms with Crippen LogP contribution in [0.2, 0.25) is 5.02 Å². The average molecular weight is 383 g/mol. The van der Waals surface area contributed by atoms with Gasteiger partial charge in [0.25, 0.3) is 0 Å². The van der Waals surface area contributed by atoms with Crippen molar-refractivity contribution in [2.75, 3.05) is 20.2 Å². The number of likely N-dealkylation sites (N-methyl/N-ethyl adjacent to an activating group) is 1. The SMILES string of the molecule is CC(C(=O)N(C)CCOc1ccccc1Cl)C(N)c1ccccc1.Cl. The van der Waals surface area contributed by atoms with E-state index in [-0.39, 0.29) is 30.3 Å². The van der Waals surface area contributed by atoms with Gasteiger partial charge in [-0.1, -0.05) is 61.0 Å². The summed E-state index contributed by atoms with van der Waals surface area (Å²) >= 11 is 6.04. The van der Waals surface area contributed by atoms with Crippen molar-refractivity contribution in [2.45, 2.75) is 13.0 Å². The molecule has 2 unspecified atom stereocenters. The predicted octanol–water partition coefficient (Wildman–Crippen LogP) is 3.94. The number of carbonyl (C=O) groups is 1. The van der Waals surface area contributed by atoms with E-state index >= 15 is 0 Å². The molecule has 25 heavy (non-hydrogen) atoms.